The average molecular weight is 264 g/mol. The second-order valence-electron chi connectivity index (χ2n) is 5.04. The topological polar surface area (TPSA) is 64.3 Å². The molecule has 0 radical (unpaired) electrons. The number of rotatable bonds is 8. The van der Waals surface area contributed by atoms with Gasteiger partial charge in [0.25, 0.3) is 0 Å². The van der Waals surface area contributed by atoms with Crippen molar-refractivity contribution in [3.63, 3.8) is 0 Å². The molecule has 106 valence electrons. The van der Waals surface area contributed by atoms with Crippen LogP contribution >= 0.6 is 0 Å². The Morgan fingerprint density at radius 2 is 2.11 bits per heavy atom. The number of nitrogens with two attached hydrogens (primary N) is 1. The number of ether oxygens (including phenoxy) is 1. The van der Waals surface area contributed by atoms with E-state index < -0.39 is 0 Å². The normalized spacial score (nSPS) is 14.4. The molecule has 5 nitrogen and oxygen atoms in total. The van der Waals surface area contributed by atoms with Gasteiger partial charge in [-0.15, -0.1) is 0 Å². The minimum atomic E-state index is 0.522. The SMILES string of the molecule is CCCCN(c1ncnc(OCCC)c1N)C1CC1. The van der Waals surface area contributed by atoms with E-state index in [1.165, 1.54) is 19.3 Å². The minimum Gasteiger partial charge on any atom is -0.476 e. The van der Waals surface area contributed by atoms with Gasteiger partial charge < -0.3 is 15.4 Å². The highest BCUT2D eigenvalue weighted by Crippen LogP contribution is 2.36. The van der Waals surface area contributed by atoms with Gasteiger partial charge in [0.15, 0.2) is 5.82 Å². The fourth-order valence-corrected chi connectivity index (χ4v) is 2.09. The molecule has 1 fully saturated rings. The van der Waals surface area contributed by atoms with Crippen LogP contribution in [0, 0.1) is 0 Å². The predicted molar refractivity (Wildman–Crippen MR) is 77.5 cm³/mol. The highest BCUT2D eigenvalue weighted by Gasteiger charge is 2.31. The molecule has 0 amide bonds. The molecule has 0 unspecified atom stereocenters. The summed E-state index contributed by atoms with van der Waals surface area (Å²) in [4.78, 5) is 10.8. The van der Waals surface area contributed by atoms with Crippen molar-refractivity contribution in [2.75, 3.05) is 23.8 Å². The lowest BCUT2D eigenvalue weighted by Crippen LogP contribution is -2.29. The zero-order chi connectivity index (χ0) is 13.7. The van der Waals surface area contributed by atoms with Crippen LogP contribution in [0.1, 0.15) is 46.0 Å². The molecule has 19 heavy (non-hydrogen) atoms. The Hall–Kier alpha value is -1.52. The van der Waals surface area contributed by atoms with Gasteiger partial charge in [-0.1, -0.05) is 20.3 Å². The molecule has 5 heteroatoms. The predicted octanol–water partition coefficient (Wildman–Crippen LogP) is 2.62. The van der Waals surface area contributed by atoms with Crippen LogP contribution in [0.2, 0.25) is 0 Å². The molecular formula is C14H24N4O. The lowest BCUT2D eigenvalue weighted by atomic mass is 10.3. The Kier molecular flexibility index (Phi) is 4.82. The van der Waals surface area contributed by atoms with Crippen molar-refractivity contribution in [1.82, 2.24) is 9.97 Å². The van der Waals surface area contributed by atoms with Crippen molar-refractivity contribution in [2.24, 2.45) is 0 Å². The zero-order valence-electron chi connectivity index (χ0n) is 11.9. The standard InChI is InChI=1S/C14H24N4O/c1-3-5-8-18(11-6-7-11)13-12(15)14(17-10-16-13)19-9-4-2/h10-11H,3-9,15H2,1-2H3. The second kappa shape index (κ2) is 6.59. The maximum absolute atomic E-state index is 6.17. The molecule has 0 bridgehead atoms. The molecule has 0 atom stereocenters. The van der Waals surface area contributed by atoms with Crippen LogP contribution in [0.3, 0.4) is 0 Å². The summed E-state index contributed by atoms with van der Waals surface area (Å²) in [6.45, 7) is 5.91. The summed E-state index contributed by atoms with van der Waals surface area (Å²) in [5.41, 5.74) is 6.75. The highest BCUT2D eigenvalue weighted by atomic mass is 16.5. The van der Waals surface area contributed by atoms with Crippen LogP contribution < -0.4 is 15.4 Å². The molecular weight excluding hydrogens is 240 g/mol. The van der Waals surface area contributed by atoms with E-state index in [-0.39, 0.29) is 0 Å². The Morgan fingerprint density at radius 3 is 2.74 bits per heavy atom. The van der Waals surface area contributed by atoms with Crippen LogP contribution in [0.5, 0.6) is 5.88 Å². The van der Waals surface area contributed by atoms with Gasteiger partial charge in [-0.2, -0.15) is 4.98 Å². The minimum absolute atomic E-state index is 0.522. The number of unbranched alkanes of at least 4 members (excludes halogenated alkanes) is 1. The molecule has 1 heterocycles. The number of anilines is 2. The third kappa shape index (κ3) is 3.49. The molecule has 1 aromatic heterocycles. The van der Waals surface area contributed by atoms with Crippen molar-refractivity contribution in [3.8, 4) is 5.88 Å². The van der Waals surface area contributed by atoms with Crippen LogP contribution in [-0.2, 0) is 0 Å². The maximum atomic E-state index is 6.17. The van der Waals surface area contributed by atoms with Gasteiger partial charge in [-0.05, 0) is 25.7 Å². The second-order valence-corrected chi connectivity index (χ2v) is 5.04. The van der Waals surface area contributed by atoms with E-state index in [1.54, 1.807) is 6.33 Å². The van der Waals surface area contributed by atoms with E-state index in [0.29, 0.717) is 24.2 Å². The highest BCUT2D eigenvalue weighted by molar-refractivity contribution is 5.68. The quantitative estimate of drug-likeness (QED) is 0.782. The van der Waals surface area contributed by atoms with E-state index in [9.17, 15) is 0 Å². The number of nitrogen functional groups attached to an aromatic ring is 1. The maximum Gasteiger partial charge on any atom is 0.242 e. The van der Waals surface area contributed by atoms with Gasteiger partial charge in [-0.3, -0.25) is 0 Å². The molecule has 1 aliphatic rings. The Balaban J connectivity index is 2.16. The number of hydrogen-bond acceptors (Lipinski definition) is 5. The fourth-order valence-electron chi connectivity index (χ4n) is 2.09. The number of hydrogen-bond donors (Lipinski definition) is 1. The molecule has 1 saturated carbocycles. The monoisotopic (exact) mass is 264 g/mol. The molecule has 0 aliphatic heterocycles. The van der Waals surface area contributed by atoms with Gasteiger partial charge in [0.05, 0.1) is 6.61 Å². The first-order valence-electron chi connectivity index (χ1n) is 7.27. The van der Waals surface area contributed by atoms with Crippen molar-refractivity contribution < 1.29 is 4.74 Å². The summed E-state index contributed by atoms with van der Waals surface area (Å²) in [5, 5.41) is 0. The molecule has 2 N–H and O–H groups in total. The molecule has 0 saturated heterocycles. The smallest absolute Gasteiger partial charge is 0.242 e. The Labute approximate surface area is 115 Å². The number of aromatic nitrogens is 2. The fraction of sp³-hybridized carbons (Fsp3) is 0.714. The Morgan fingerprint density at radius 1 is 1.32 bits per heavy atom. The van der Waals surface area contributed by atoms with E-state index in [4.69, 9.17) is 10.5 Å². The average Bonchev–Trinajstić information content (AvgIpc) is 3.24. The van der Waals surface area contributed by atoms with Gasteiger partial charge in [0, 0.05) is 12.6 Å². The van der Waals surface area contributed by atoms with Crippen LogP contribution in [0.25, 0.3) is 0 Å². The van der Waals surface area contributed by atoms with Gasteiger partial charge in [0.2, 0.25) is 5.88 Å². The van der Waals surface area contributed by atoms with Crippen molar-refractivity contribution >= 4 is 11.5 Å². The van der Waals surface area contributed by atoms with E-state index in [1.807, 2.05) is 0 Å². The van der Waals surface area contributed by atoms with Gasteiger partial charge >= 0.3 is 0 Å². The molecule has 1 aromatic rings. The molecule has 0 spiro atoms. The van der Waals surface area contributed by atoms with E-state index >= 15 is 0 Å². The van der Waals surface area contributed by atoms with Crippen LogP contribution in [-0.4, -0.2) is 29.2 Å². The third-order valence-electron chi connectivity index (χ3n) is 3.28. The van der Waals surface area contributed by atoms with E-state index in [2.05, 4.69) is 28.7 Å². The summed E-state index contributed by atoms with van der Waals surface area (Å²) in [7, 11) is 0. The summed E-state index contributed by atoms with van der Waals surface area (Å²) >= 11 is 0. The summed E-state index contributed by atoms with van der Waals surface area (Å²) in [6, 6.07) is 0.600. The molecule has 2 rings (SSSR count). The van der Waals surface area contributed by atoms with Crippen molar-refractivity contribution in [1.29, 1.82) is 0 Å². The molecule has 0 aromatic carbocycles. The van der Waals surface area contributed by atoms with Crippen LogP contribution in [0.15, 0.2) is 6.33 Å². The van der Waals surface area contributed by atoms with Gasteiger partial charge in [0.1, 0.15) is 12.0 Å². The van der Waals surface area contributed by atoms with Crippen molar-refractivity contribution in [3.05, 3.63) is 6.33 Å². The number of nitrogens with zero attached hydrogens (tertiary/aromatic N) is 3. The zero-order valence-corrected chi connectivity index (χ0v) is 11.9. The van der Waals surface area contributed by atoms with Crippen molar-refractivity contribution in [2.45, 2.75) is 52.0 Å². The Bertz CT molecular complexity index is 406. The lowest BCUT2D eigenvalue weighted by Gasteiger charge is -2.25. The van der Waals surface area contributed by atoms with E-state index in [0.717, 1.165) is 25.2 Å². The largest absolute Gasteiger partial charge is 0.476 e. The first-order chi connectivity index (χ1) is 9.27. The lowest BCUT2D eigenvalue weighted by molar-refractivity contribution is 0.306. The summed E-state index contributed by atoms with van der Waals surface area (Å²) in [5.74, 6) is 1.37. The summed E-state index contributed by atoms with van der Waals surface area (Å²) in [6.07, 6.45) is 7.30. The first kappa shape index (κ1) is 13.9. The first-order valence-corrected chi connectivity index (χ1v) is 7.27. The third-order valence-corrected chi connectivity index (χ3v) is 3.28. The van der Waals surface area contributed by atoms with Crippen LogP contribution in [0.4, 0.5) is 11.5 Å². The molecule has 1 aliphatic carbocycles. The van der Waals surface area contributed by atoms with Gasteiger partial charge in [-0.25, -0.2) is 4.98 Å². The summed E-state index contributed by atoms with van der Waals surface area (Å²) < 4.78 is 5.58.